The molecule has 0 saturated heterocycles. The maximum atomic E-state index is 13.5. The van der Waals surface area contributed by atoms with Gasteiger partial charge in [-0.25, -0.2) is 9.97 Å². The van der Waals surface area contributed by atoms with E-state index < -0.39 is 6.10 Å². The molecular formula is C35H42ClN9O3. The number of hydrogen-bond acceptors (Lipinski definition) is 8. The van der Waals surface area contributed by atoms with E-state index >= 15 is 0 Å². The number of aromatic nitrogens is 5. The predicted octanol–water partition coefficient (Wildman–Crippen LogP) is 4.19. The van der Waals surface area contributed by atoms with E-state index in [1.54, 1.807) is 19.2 Å². The van der Waals surface area contributed by atoms with Crippen LogP contribution < -0.4 is 10.6 Å². The molecule has 0 unspecified atom stereocenters. The van der Waals surface area contributed by atoms with Crippen LogP contribution in [-0.4, -0.2) is 83.1 Å². The minimum absolute atomic E-state index is 0.297. The first-order valence-corrected chi connectivity index (χ1v) is 17.0. The largest absolute Gasteiger partial charge is 0.392 e. The maximum absolute atomic E-state index is 13.5. The van der Waals surface area contributed by atoms with Crippen molar-refractivity contribution < 1.29 is 14.7 Å². The van der Waals surface area contributed by atoms with Crippen molar-refractivity contribution in [1.82, 2.24) is 33.9 Å². The number of hydrogen-bond donors (Lipinski definition) is 3. The van der Waals surface area contributed by atoms with Gasteiger partial charge in [0.2, 0.25) is 0 Å². The monoisotopic (exact) mass is 671 g/mol. The fourth-order valence-corrected chi connectivity index (χ4v) is 7.29. The van der Waals surface area contributed by atoms with Gasteiger partial charge in [-0.15, -0.1) is 0 Å². The number of fused-ring (bicyclic) bond motifs is 2. The SMILES string of the molecule is Cc1c(NC(=O)c2nc3c(n2C)CCN(C[C@H](C)O)C3)cccc1-c1nccc(NC(=O)c2nc3c(n2C)CCN(CC2CC2)C3)c1Cl. The van der Waals surface area contributed by atoms with Crippen molar-refractivity contribution in [3.8, 4) is 11.3 Å². The average Bonchev–Trinajstić information content (AvgIpc) is 3.72. The molecule has 0 radical (unpaired) electrons. The fourth-order valence-electron chi connectivity index (χ4n) is 7.03. The van der Waals surface area contributed by atoms with E-state index in [4.69, 9.17) is 16.6 Å². The second kappa shape index (κ2) is 13.1. The number of benzene rings is 1. The molecule has 1 atom stereocenters. The fraction of sp³-hybridized carbons (Fsp3) is 0.457. The van der Waals surface area contributed by atoms with Crippen molar-refractivity contribution in [2.24, 2.45) is 20.0 Å². The number of amides is 2. The van der Waals surface area contributed by atoms with Gasteiger partial charge in [0.1, 0.15) is 0 Å². The first-order chi connectivity index (χ1) is 23.1. The Balaban J connectivity index is 1.08. The van der Waals surface area contributed by atoms with Crippen LogP contribution in [0.3, 0.4) is 0 Å². The van der Waals surface area contributed by atoms with Crippen LogP contribution in [0, 0.1) is 12.8 Å². The molecule has 3 aliphatic rings. The van der Waals surface area contributed by atoms with E-state index in [9.17, 15) is 14.7 Å². The number of nitrogens with zero attached hydrogens (tertiary/aromatic N) is 7. The summed E-state index contributed by atoms with van der Waals surface area (Å²) in [6.07, 6.45) is 5.43. The number of aliphatic hydroxyl groups excluding tert-OH is 1. The molecule has 3 N–H and O–H groups in total. The summed E-state index contributed by atoms with van der Waals surface area (Å²) in [5.74, 6) is 0.847. The lowest BCUT2D eigenvalue weighted by molar-refractivity contribution is 0.100. The Hall–Kier alpha value is -4.10. The summed E-state index contributed by atoms with van der Waals surface area (Å²) in [4.78, 5) is 45.6. The number of carbonyl (C=O) groups is 2. The highest BCUT2D eigenvalue weighted by Crippen LogP contribution is 2.36. The molecule has 48 heavy (non-hydrogen) atoms. The van der Waals surface area contributed by atoms with Gasteiger partial charge in [-0.2, -0.15) is 0 Å². The number of pyridine rings is 1. The standard InChI is InChI=1S/C35H42ClN9O3/c1-20(46)16-44-14-11-28-26(18-44)38-32(42(28)3)34(47)40-24-7-5-6-23(21(24)2)31-30(36)25(10-13-37-31)41-35(48)33-39-27-19-45(17-22-8-9-22)15-12-29(27)43(33)4/h5-7,10,13,20,22,46H,8-9,11-12,14-19H2,1-4H3,(H,40,47)(H,37,41,48)/t20-/m0/s1. The van der Waals surface area contributed by atoms with Crippen LogP contribution in [-0.2, 0) is 40.0 Å². The van der Waals surface area contributed by atoms with Crippen LogP contribution in [0.1, 0.15) is 69.3 Å². The van der Waals surface area contributed by atoms with E-state index in [-0.39, 0.29) is 11.8 Å². The predicted molar refractivity (Wildman–Crippen MR) is 184 cm³/mol. The highest BCUT2D eigenvalue weighted by atomic mass is 35.5. The molecule has 13 heteroatoms. The Kier molecular flexibility index (Phi) is 8.84. The van der Waals surface area contributed by atoms with Crippen molar-refractivity contribution >= 4 is 34.8 Å². The number of imidazole rings is 2. The lowest BCUT2D eigenvalue weighted by atomic mass is 10.0. The summed E-state index contributed by atoms with van der Waals surface area (Å²) in [6.45, 7) is 8.48. The highest BCUT2D eigenvalue weighted by molar-refractivity contribution is 6.36. The van der Waals surface area contributed by atoms with E-state index in [0.29, 0.717) is 46.8 Å². The summed E-state index contributed by atoms with van der Waals surface area (Å²) < 4.78 is 3.76. The Morgan fingerprint density at radius 3 is 2.17 bits per heavy atom. The van der Waals surface area contributed by atoms with Gasteiger partial charge in [-0.1, -0.05) is 23.7 Å². The molecular weight excluding hydrogens is 630 g/mol. The number of anilines is 2. The van der Waals surface area contributed by atoms with Crippen LogP contribution in [0.15, 0.2) is 30.5 Å². The Morgan fingerprint density at radius 2 is 1.54 bits per heavy atom. The molecule has 0 spiro atoms. The van der Waals surface area contributed by atoms with E-state index in [1.165, 1.54) is 12.8 Å². The third kappa shape index (κ3) is 6.37. The first-order valence-electron chi connectivity index (χ1n) is 16.7. The number of β-amino-alcohol motifs (C(OH)–C–C–N with tert-alkyl or cyclic N) is 1. The lowest BCUT2D eigenvalue weighted by Gasteiger charge is -2.27. The van der Waals surface area contributed by atoms with Gasteiger partial charge in [-0.05, 0) is 50.3 Å². The van der Waals surface area contributed by atoms with Crippen LogP contribution in [0.4, 0.5) is 11.4 Å². The quantitative estimate of drug-likeness (QED) is 0.241. The highest BCUT2D eigenvalue weighted by Gasteiger charge is 2.30. The second-order valence-corrected chi connectivity index (χ2v) is 13.8. The number of halogens is 1. The molecule has 7 rings (SSSR count). The Morgan fingerprint density at radius 1 is 0.938 bits per heavy atom. The number of aliphatic hydroxyl groups is 1. The molecule has 4 aromatic rings. The summed E-state index contributed by atoms with van der Waals surface area (Å²) in [5, 5.41) is 16.1. The summed E-state index contributed by atoms with van der Waals surface area (Å²) >= 11 is 6.91. The summed E-state index contributed by atoms with van der Waals surface area (Å²) in [6, 6.07) is 7.24. The van der Waals surface area contributed by atoms with E-state index in [0.717, 1.165) is 78.8 Å². The molecule has 2 aliphatic heterocycles. The van der Waals surface area contributed by atoms with Gasteiger partial charge in [0.25, 0.3) is 11.8 Å². The van der Waals surface area contributed by atoms with Crippen molar-refractivity contribution in [3.05, 3.63) is 75.5 Å². The molecule has 1 aliphatic carbocycles. The topological polar surface area (TPSA) is 133 Å². The Bertz CT molecular complexity index is 1770. The minimum Gasteiger partial charge on any atom is -0.392 e. The van der Waals surface area contributed by atoms with Gasteiger partial charge in [0.15, 0.2) is 11.6 Å². The zero-order valence-corrected chi connectivity index (χ0v) is 28.6. The van der Waals surface area contributed by atoms with Gasteiger partial charge < -0.3 is 24.9 Å². The van der Waals surface area contributed by atoms with Crippen molar-refractivity contribution in [1.29, 1.82) is 0 Å². The van der Waals surface area contributed by atoms with E-state index in [1.807, 2.05) is 48.4 Å². The van der Waals surface area contributed by atoms with Gasteiger partial charge in [-0.3, -0.25) is 24.4 Å². The minimum atomic E-state index is -0.429. The van der Waals surface area contributed by atoms with Crippen molar-refractivity contribution in [2.45, 2.75) is 58.7 Å². The normalized spacial score (nSPS) is 17.1. The molecule has 1 fully saturated rings. The molecule has 0 bridgehead atoms. The molecule has 252 valence electrons. The van der Waals surface area contributed by atoms with Gasteiger partial charge in [0, 0.05) is 95.0 Å². The number of carbonyl (C=O) groups excluding carboxylic acids is 2. The van der Waals surface area contributed by atoms with Crippen molar-refractivity contribution in [3.63, 3.8) is 0 Å². The smallest absolute Gasteiger partial charge is 0.291 e. The van der Waals surface area contributed by atoms with Crippen LogP contribution in [0.2, 0.25) is 5.02 Å². The average molecular weight is 672 g/mol. The maximum Gasteiger partial charge on any atom is 0.291 e. The molecule has 2 amide bonds. The molecule has 5 heterocycles. The van der Waals surface area contributed by atoms with Gasteiger partial charge in [0.05, 0.1) is 33.9 Å². The summed E-state index contributed by atoms with van der Waals surface area (Å²) in [5.41, 5.74) is 6.99. The molecule has 1 aromatic carbocycles. The van der Waals surface area contributed by atoms with E-state index in [2.05, 4.69) is 30.4 Å². The third-order valence-corrected chi connectivity index (χ3v) is 10.2. The summed E-state index contributed by atoms with van der Waals surface area (Å²) in [7, 11) is 3.76. The van der Waals surface area contributed by atoms with Crippen LogP contribution >= 0.6 is 11.6 Å². The zero-order chi connectivity index (χ0) is 33.7. The Labute approximate surface area is 285 Å². The first kappa shape index (κ1) is 32.4. The number of rotatable bonds is 9. The van der Waals surface area contributed by atoms with Crippen LogP contribution in [0.25, 0.3) is 11.3 Å². The molecule has 3 aromatic heterocycles. The zero-order valence-electron chi connectivity index (χ0n) is 27.9. The molecule has 1 saturated carbocycles. The van der Waals surface area contributed by atoms with Crippen LogP contribution in [0.5, 0.6) is 0 Å². The van der Waals surface area contributed by atoms with Crippen molar-refractivity contribution in [2.75, 3.05) is 36.8 Å². The lowest BCUT2D eigenvalue weighted by Crippen LogP contribution is -2.36. The van der Waals surface area contributed by atoms with Gasteiger partial charge >= 0.3 is 0 Å². The number of nitrogens with one attached hydrogen (secondary N) is 2. The second-order valence-electron chi connectivity index (χ2n) is 13.4. The third-order valence-electron chi connectivity index (χ3n) is 9.79. The molecule has 12 nitrogen and oxygen atoms in total.